The summed E-state index contributed by atoms with van der Waals surface area (Å²) in [6.45, 7) is 9.19. The Kier molecular flexibility index (Phi) is 11.5. The number of aliphatic hydroxyl groups is 1. The highest BCUT2D eigenvalue weighted by atomic mass is 19.1. The first-order valence-electron chi connectivity index (χ1n) is 14.0. The molecule has 0 unspecified atom stereocenters. The zero-order chi connectivity index (χ0) is 30.0. The Morgan fingerprint density at radius 2 is 1.56 bits per heavy atom. The van der Waals surface area contributed by atoms with Crippen LogP contribution in [0.25, 0.3) is 0 Å². The molecule has 2 atom stereocenters. The van der Waals surface area contributed by atoms with Crippen molar-refractivity contribution in [2.24, 2.45) is 0 Å². The molecule has 0 fully saturated rings. The van der Waals surface area contributed by atoms with E-state index in [1.165, 1.54) is 30.6 Å². The number of hydrogen-bond donors (Lipinski definition) is 3. The number of carbonyl (C=O) groups is 2. The summed E-state index contributed by atoms with van der Waals surface area (Å²) < 4.78 is 27.9. The summed E-state index contributed by atoms with van der Waals surface area (Å²) >= 11 is 0. The monoisotopic (exact) mass is 566 g/mol. The minimum atomic E-state index is -1.12. The van der Waals surface area contributed by atoms with E-state index in [1.807, 2.05) is 58.0 Å². The van der Waals surface area contributed by atoms with Crippen molar-refractivity contribution >= 4 is 11.8 Å². The molecule has 2 amide bonds. The van der Waals surface area contributed by atoms with E-state index < -0.39 is 35.2 Å². The Balaban J connectivity index is 1.82. The van der Waals surface area contributed by atoms with Crippen LogP contribution in [-0.2, 0) is 12.0 Å². The number of benzene rings is 2. The van der Waals surface area contributed by atoms with Crippen molar-refractivity contribution in [1.29, 1.82) is 0 Å². The van der Waals surface area contributed by atoms with Gasteiger partial charge >= 0.3 is 0 Å². The minimum absolute atomic E-state index is 0.0259. The van der Waals surface area contributed by atoms with E-state index in [0.29, 0.717) is 13.1 Å². The molecule has 1 heterocycles. The molecule has 0 saturated heterocycles. The van der Waals surface area contributed by atoms with E-state index in [0.717, 1.165) is 24.5 Å². The first kappa shape index (κ1) is 31.8. The van der Waals surface area contributed by atoms with Gasteiger partial charge in [0.05, 0.1) is 23.3 Å². The third kappa shape index (κ3) is 9.16. The van der Waals surface area contributed by atoms with Gasteiger partial charge in [-0.05, 0) is 62.4 Å². The van der Waals surface area contributed by atoms with E-state index in [-0.39, 0.29) is 35.6 Å². The predicted molar refractivity (Wildman–Crippen MR) is 156 cm³/mol. The summed E-state index contributed by atoms with van der Waals surface area (Å²) in [6.07, 6.45) is 3.23. The molecule has 0 aliphatic rings. The van der Waals surface area contributed by atoms with Gasteiger partial charge in [-0.3, -0.25) is 14.6 Å². The fourth-order valence-electron chi connectivity index (χ4n) is 4.69. The third-order valence-corrected chi connectivity index (χ3v) is 6.93. The average Bonchev–Trinajstić information content (AvgIpc) is 2.95. The lowest BCUT2D eigenvalue weighted by Crippen LogP contribution is -2.51. The summed E-state index contributed by atoms with van der Waals surface area (Å²) in [5, 5.41) is 17.3. The van der Waals surface area contributed by atoms with Crippen molar-refractivity contribution in [3.63, 3.8) is 0 Å². The molecular formula is C32H40F2N4O3. The molecule has 0 saturated carbocycles. The van der Waals surface area contributed by atoms with Gasteiger partial charge in [0, 0.05) is 43.6 Å². The van der Waals surface area contributed by atoms with Crippen molar-refractivity contribution in [1.82, 2.24) is 20.5 Å². The van der Waals surface area contributed by atoms with Gasteiger partial charge in [-0.1, -0.05) is 44.2 Å². The van der Waals surface area contributed by atoms with Crippen molar-refractivity contribution in [3.8, 4) is 0 Å². The van der Waals surface area contributed by atoms with Gasteiger partial charge in [-0.15, -0.1) is 0 Å². The lowest BCUT2D eigenvalue weighted by Gasteiger charge is -2.31. The highest BCUT2D eigenvalue weighted by molar-refractivity contribution is 5.99. The molecule has 7 nitrogen and oxygen atoms in total. The van der Waals surface area contributed by atoms with Gasteiger partial charge in [0.25, 0.3) is 11.8 Å². The fourth-order valence-corrected chi connectivity index (χ4v) is 4.69. The molecule has 9 heteroatoms. The number of rotatable bonds is 14. The molecule has 0 radical (unpaired) electrons. The Labute approximate surface area is 241 Å². The standard InChI is InChI=1S/C32H40F2N4O3/c1-5-12-38(13-6-2)31(41)24-17-23(19-35-20-24)30(40)37-28(16-22-14-26(33)18-27(34)15-22)29(39)21-36-32(3,4)25-10-8-7-9-11-25/h7-11,14-15,17-20,28-29,36,39H,5-6,12-13,16,21H2,1-4H3,(H,37,40)/t28-,29+/m0/s1. The lowest BCUT2D eigenvalue weighted by atomic mass is 9.93. The van der Waals surface area contributed by atoms with Crippen molar-refractivity contribution in [3.05, 3.63) is 101 Å². The van der Waals surface area contributed by atoms with Crippen LogP contribution in [0, 0.1) is 11.6 Å². The van der Waals surface area contributed by atoms with Crippen LogP contribution >= 0.6 is 0 Å². The van der Waals surface area contributed by atoms with Crippen LogP contribution < -0.4 is 10.6 Å². The maximum absolute atomic E-state index is 13.9. The molecule has 2 aromatic carbocycles. The largest absolute Gasteiger partial charge is 0.390 e. The molecule has 3 N–H and O–H groups in total. The molecule has 3 aromatic rings. The van der Waals surface area contributed by atoms with Gasteiger partial charge in [0.1, 0.15) is 11.6 Å². The smallest absolute Gasteiger partial charge is 0.255 e. The summed E-state index contributed by atoms with van der Waals surface area (Å²) in [6, 6.07) is 13.4. The number of pyridine rings is 1. The summed E-state index contributed by atoms with van der Waals surface area (Å²) in [7, 11) is 0. The van der Waals surface area contributed by atoms with E-state index >= 15 is 0 Å². The van der Waals surface area contributed by atoms with Gasteiger partial charge in [0.15, 0.2) is 0 Å². The van der Waals surface area contributed by atoms with Crippen LogP contribution in [0.15, 0.2) is 67.0 Å². The number of carbonyl (C=O) groups excluding carboxylic acids is 2. The zero-order valence-corrected chi connectivity index (χ0v) is 24.2. The van der Waals surface area contributed by atoms with Crippen LogP contribution in [0.3, 0.4) is 0 Å². The Morgan fingerprint density at radius 3 is 2.17 bits per heavy atom. The van der Waals surface area contributed by atoms with Crippen LogP contribution in [0.5, 0.6) is 0 Å². The fraction of sp³-hybridized carbons (Fsp3) is 0.406. The number of aliphatic hydroxyl groups excluding tert-OH is 1. The van der Waals surface area contributed by atoms with E-state index in [9.17, 15) is 23.5 Å². The normalized spacial score (nSPS) is 13.0. The van der Waals surface area contributed by atoms with Crippen LogP contribution in [0.2, 0.25) is 0 Å². The van der Waals surface area contributed by atoms with Crippen molar-refractivity contribution in [2.45, 2.75) is 64.6 Å². The number of halogens is 2. The second kappa shape index (κ2) is 14.8. The summed E-state index contributed by atoms with van der Waals surface area (Å²) in [5.41, 5.74) is 1.22. The van der Waals surface area contributed by atoms with Crippen LogP contribution in [0.4, 0.5) is 8.78 Å². The first-order chi connectivity index (χ1) is 19.5. The number of nitrogens with zero attached hydrogens (tertiary/aromatic N) is 2. The predicted octanol–water partition coefficient (Wildman–Crippen LogP) is 4.85. The lowest BCUT2D eigenvalue weighted by molar-refractivity contribution is 0.0755. The van der Waals surface area contributed by atoms with Crippen molar-refractivity contribution in [2.75, 3.05) is 19.6 Å². The van der Waals surface area contributed by atoms with Crippen molar-refractivity contribution < 1.29 is 23.5 Å². The Hall–Kier alpha value is -3.69. The highest BCUT2D eigenvalue weighted by Crippen LogP contribution is 2.20. The van der Waals surface area contributed by atoms with E-state index in [4.69, 9.17) is 0 Å². The Morgan fingerprint density at radius 1 is 0.951 bits per heavy atom. The molecule has 3 rings (SSSR count). The topological polar surface area (TPSA) is 94.6 Å². The molecule has 0 aliphatic heterocycles. The van der Waals surface area contributed by atoms with Gasteiger partial charge in [-0.25, -0.2) is 8.78 Å². The van der Waals surface area contributed by atoms with E-state index in [1.54, 1.807) is 4.90 Å². The third-order valence-electron chi connectivity index (χ3n) is 6.93. The molecule has 0 spiro atoms. The summed E-state index contributed by atoms with van der Waals surface area (Å²) in [4.78, 5) is 32.2. The second-order valence-corrected chi connectivity index (χ2v) is 10.8. The number of amides is 2. The molecule has 41 heavy (non-hydrogen) atoms. The van der Waals surface area contributed by atoms with Crippen LogP contribution in [0.1, 0.15) is 72.4 Å². The maximum Gasteiger partial charge on any atom is 0.255 e. The molecule has 0 aliphatic carbocycles. The molecule has 0 bridgehead atoms. The van der Waals surface area contributed by atoms with Gasteiger partial charge in [-0.2, -0.15) is 0 Å². The average molecular weight is 567 g/mol. The SMILES string of the molecule is CCCN(CCC)C(=O)c1cncc(C(=O)N[C@@H](Cc2cc(F)cc(F)c2)[C@H](O)CNC(C)(C)c2ccccc2)c1. The Bertz CT molecular complexity index is 1280. The first-order valence-corrected chi connectivity index (χ1v) is 14.0. The van der Waals surface area contributed by atoms with E-state index in [2.05, 4.69) is 15.6 Å². The molecule has 220 valence electrons. The maximum atomic E-state index is 13.9. The molecule has 1 aromatic heterocycles. The highest BCUT2D eigenvalue weighted by Gasteiger charge is 2.27. The quantitative estimate of drug-likeness (QED) is 0.259. The van der Waals surface area contributed by atoms with Crippen LogP contribution in [-0.4, -0.2) is 58.6 Å². The number of hydrogen-bond acceptors (Lipinski definition) is 5. The van der Waals surface area contributed by atoms with Gasteiger partial charge in [0.2, 0.25) is 0 Å². The zero-order valence-electron chi connectivity index (χ0n) is 24.2. The minimum Gasteiger partial charge on any atom is -0.390 e. The number of nitrogens with one attached hydrogen (secondary N) is 2. The van der Waals surface area contributed by atoms with Gasteiger partial charge < -0.3 is 20.6 Å². The molecular weight excluding hydrogens is 526 g/mol. The summed E-state index contributed by atoms with van der Waals surface area (Å²) in [5.74, 6) is -2.27. The number of aromatic nitrogens is 1. The second-order valence-electron chi connectivity index (χ2n) is 10.8.